The molecule has 1 N–H and O–H groups in total. The summed E-state index contributed by atoms with van der Waals surface area (Å²) in [5, 5.41) is 12.9. The highest BCUT2D eigenvalue weighted by Crippen LogP contribution is 2.02. The number of hydrogen-bond donors (Lipinski definition) is 1. The molecule has 0 aliphatic heterocycles. The van der Waals surface area contributed by atoms with Crippen LogP contribution in [0.2, 0.25) is 0 Å². The molecule has 15 heavy (non-hydrogen) atoms. The summed E-state index contributed by atoms with van der Waals surface area (Å²) in [4.78, 5) is 21.9. The fourth-order valence-corrected chi connectivity index (χ4v) is 1.27. The average Bonchev–Trinajstić information content (AvgIpc) is 2.62. The lowest BCUT2D eigenvalue weighted by atomic mass is 10.3. The Morgan fingerprint density at radius 3 is 2.47 bits per heavy atom. The molecule has 2 rings (SSSR count). The van der Waals surface area contributed by atoms with Crippen molar-refractivity contribution in [3.8, 4) is 5.69 Å². The van der Waals surface area contributed by atoms with Crippen LogP contribution in [0.25, 0.3) is 5.69 Å². The van der Waals surface area contributed by atoms with Gasteiger partial charge in [-0.05, 0) is 12.1 Å². The number of benzene rings is 1. The minimum Gasteiger partial charge on any atom is -0.543 e. The lowest BCUT2D eigenvalue weighted by Crippen LogP contribution is -2.22. The standard InChI is InChI=1S/C10H8N2O3/c13-9-6-8(10(14)15)11-12(9)7-4-2-1-3-5-7/h1-6,11H,(H,14,15)/p-1. The summed E-state index contributed by atoms with van der Waals surface area (Å²) in [6, 6.07) is 9.68. The third-order valence-electron chi connectivity index (χ3n) is 1.95. The Hall–Kier alpha value is -2.30. The Labute approximate surface area is 84.6 Å². The normalized spacial score (nSPS) is 10.1. The number of carbonyl (C=O) groups is 1. The predicted octanol–water partition coefficient (Wildman–Crippen LogP) is -0.471. The molecule has 0 saturated carbocycles. The molecule has 0 aliphatic carbocycles. The van der Waals surface area contributed by atoms with Gasteiger partial charge in [0, 0.05) is 6.07 Å². The minimum atomic E-state index is -1.40. The molecule has 0 bridgehead atoms. The molecule has 0 unspecified atom stereocenters. The van der Waals surface area contributed by atoms with Crippen LogP contribution in [0.3, 0.4) is 0 Å². The Kier molecular flexibility index (Phi) is 2.13. The Balaban J connectivity index is 2.55. The summed E-state index contributed by atoms with van der Waals surface area (Å²) >= 11 is 0. The van der Waals surface area contributed by atoms with Gasteiger partial charge in [-0.3, -0.25) is 9.89 Å². The first-order valence-corrected chi connectivity index (χ1v) is 4.27. The molecular weight excluding hydrogens is 196 g/mol. The Bertz CT molecular complexity index is 539. The van der Waals surface area contributed by atoms with Crippen molar-refractivity contribution in [2.45, 2.75) is 0 Å². The molecule has 0 aliphatic rings. The van der Waals surface area contributed by atoms with Crippen LogP contribution in [-0.2, 0) is 0 Å². The fraction of sp³-hybridized carbons (Fsp3) is 0. The van der Waals surface area contributed by atoms with E-state index in [9.17, 15) is 14.7 Å². The largest absolute Gasteiger partial charge is 0.543 e. The van der Waals surface area contributed by atoms with Gasteiger partial charge in [0.25, 0.3) is 5.56 Å². The monoisotopic (exact) mass is 203 g/mol. The zero-order chi connectivity index (χ0) is 10.8. The molecular formula is C10H7N2O3-. The zero-order valence-electron chi connectivity index (χ0n) is 7.64. The van der Waals surface area contributed by atoms with Crippen molar-refractivity contribution in [3.63, 3.8) is 0 Å². The van der Waals surface area contributed by atoms with Gasteiger partial charge < -0.3 is 9.90 Å². The van der Waals surface area contributed by atoms with Crippen LogP contribution in [0.4, 0.5) is 0 Å². The number of aromatic amines is 1. The van der Waals surface area contributed by atoms with Gasteiger partial charge in [-0.2, -0.15) is 0 Å². The first-order valence-electron chi connectivity index (χ1n) is 4.27. The molecule has 0 spiro atoms. The van der Waals surface area contributed by atoms with E-state index in [0.29, 0.717) is 5.69 Å². The zero-order valence-corrected chi connectivity index (χ0v) is 7.64. The van der Waals surface area contributed by atoms with Gasteiger partial charge in [0.1, 0.15) is 0 Å². The maximum Gasteiger partial charge on any atom is 0.271 e. The number of rotatable bonds is 2. The molecule has 0 saturated heterocycles. The minimum absolute atomic E-state index is 0.233. The molecule has 2 aromatic rings. The molecule has 76 valence electrons. The van der Waals surface area contributed by atoms with Crippen LogP contribution in [0.1, 0.15) is 10.5 Å². The quantitative estimate of drug-likeness (QED) is 0.716. The van der Waals surface area contributed by atoms with Crippen molar-refractivity contribution >= 4 is 5.97 Å². The van der Waals surface area contributed by atoms with Gasteiger partial charge in [0.2, 0.25) is 0 Å². The first kappa shape index (κ1) is 9.26. The molecule has 5 nitrogen and oxygen atoms in total. The van der Waals surface area contributed by atoms with Gasteiger partial charge in [-0.15, -0.1) is 0 Å². The highest BCUT2D eigenvalue weighted by Gasteiger charge is 2.04. The number of aromatic nitrogens is 2. The van der Waals surface area contributed by atoms with Crippen molar-refractivity contribution < 1.29 is 9.90 Å². The summed E-state index contributed by atoms with van der Waals surface area (Å²) < 4.78 is 1.14. The van der Waals surface area contributed by atoms with Gasteiger partial charge >= 0.3 is 0 Å². The van der Waals surface area contributed by atoms with Crippen molar-refractivity contribution in [2.24, 2.45) is 0 Å². The lowest BCUT2D eigenvalue weighted by Gasteiger charge is -2.01. The number of H-pyrrole nitrogens is 1. The Morgan fingerprint density at radius 1 is 1.27 bits per heavy atom. The van der Waals surface area contributed by atoms with E-state index in [4.69, 9.17) is 0 Å². The van der Waals surface area contributed by atoms with E-state index >= 15 is 0 Å². The predicted molar refractivity (Wildman–Crippen MR) is 50.7 cm³/mol. The topological polar surface area (TPSA) is 77.9 Å². The number of nitrogens with one attached hydrogen (secondary N) is 1. The van der Waals surface area contributed by atoms with Crippen LogP contribution >= 0.6 is 0 Å². The summed E-state index contributed by atoms with van der Waals surface area (Å²) in [7, 11) is 0. The van der Waals surface area contributed by atoms with Crippen molar-refractivity contribution in [2.75, 3.05) is 0 Å². The number of carbonyl (C=O) groups excluding carboxylic acids is 1. The summed E-state index contributed by atoms with van der Waals surface area (Å²) in [6.45, 7) is 0. The second-order valence-electron chi connectivity index (χ2n) is 2.97. The van der Waals surface area contributed by atoms with E-state index in [1.807, 2.05) is 0 Å². The summed E-state index contributed by atoms with van der Waals surface area (Å²) in [5.74, 6) is -1.40. The molecule has 0 atom stereocenters. The fourth-order valence-electron chi connectivity index (χ4n) is 1.27. The second kappa shape index (κ2) is 3.45. The molecule has 0 amide bonds. The van der Waals surface area contributed by atoms with E-state index in [1.165, 1.54) is 0 Å². The van der Waals surface area contributed by atoms with Crippen molar-refractivity contribution in [1.29, 1.82) is 0 Å². The Morgan fingerprint density at radius 2 is 1.93 bits per heavy atom. The van der Waals surface area contributed by atoms with E-state index < -0.39 is 11.5 Å². The SMILES string of the molecule is O=C([O-])c1cc(=O)n(-c2ccccc2)[nH]1. The second-order valence-corrected chi connectivity index (χ2v) is 2.97. The molecule has 0 fully saturated rings. The van der Waals surface area contributed by atoms with E-state index in [0.717, 1.165) is 10.7 Å². The molecule has 1 heterocycles. The average molecular weight is 203 g/mol. The van der Waals surface area contributed by atoms with Crippen LogP contribution in [0.5, 0.6) is 0 Å². The van der Waals surface area contributed by atoms with Crippen LogP contribution in [0.15, 0.2) is 41.2 Å². The lowest BCUT2D eigenvalue weighted by molar-refractivity contribution is -0.255. The summed E-state index contributed by atoms with van der Waals surface area (Å²) in [5.41, 5.74) is -0.0840. The first-order chi connectivity index (χ1) is 7.18. The van der Waals surface area contributed by atoms with Gasteiger partial charge in [0.05, 0.1) is 17.4 Å². The number of carboxylic acid groups (broad SMARTS) is 1. The van der Waals surface area contributed by atoms with E-state index in [-0.39, 0.29) is 5.69 Å². The third-order valence-corrected chi connectivity index (χ3v) is 1.95. The molecule has 0 radical (unpaired) electrons. The maximum atomic E-state index is 11.4. The third kappa shape index (κ3) is 1.67. The van der Waals surface area contributed by atoms with Crippen LogP contribution in [0, 0.1) is 0 Å². The number of aromatic carboxylic acids is 1. The van der Waals surface area contributed by atoms with E-state index in [1.54, 1.807) is 30.3 Å². The van der Waals surface area contributed by atoms with E-state index in [2.05, 4.69) is 5.10 Å². The van der Waals surface area contributed by atoms with Gasteiger partial charge in [-0.1, -0.05) is 18.2 Å². The highest BCUT2D eigenvalue weighted by atomic mass is 16.4. The van der Waals surface area contributed by atoms with Crippen molar-refractivity contribution in [1.82, 2.24) is 9.78 Å². The van der Waals surface area contributed by atoms with Gasteiger partial charge in [-0.25, -0.2) is 4.68 Å². The smallest absolute Gasteiger partial charge is 0.271 e. The number of nitrogens with zero attached hydrogens (tertiary/aromatic N) is 1. The summed E-state index contributed by atoms with van der Waals surface area (Å²) in [6.07, 6.45) is 0. The van der Waals surface area contributed by atoms with Gasteiger partial charge in [0.15, 0.2) is 0 Å². The number of carboxylic acids is 1. The maximum absolute atomic E-state index is 11.4. The van der Waals surface area contributed by atoms with Crippen LogP contribution in [-0.4, -0.2) is 15.7 Å². The van der Waals surface area contributed by atoms with Crippen molar-refractivity contribution in [3.05, 3.63) is 52.4 Å². The molecule has 5 heteroatoms. The molecule has 1 aromatic heterocycles. The number of hydrogen-bond acceptors (Lipinski definition) is 3. The molecule has 1 aromatic carbocycles. The highest BCUT2D eigenvalue weighted by molar-refractivity contribution is 5.83. The van der Waals surface area contributed by atoms with Crippen LogP contribution < -0.4 is 10.7 Å². The number of para-hydroxylation sites is 1.